The largest absolute Gasteiger partial charge is 0.468 e. The van der Waals surface area contributed by atoms with Gasteiger partial charge in [0.2, 0.25) is 0 Å². The Balaban J connectivity index is 1.49. The zero-order valence-corrected chi connectivity index (χ0v) is 18.1. The standard InChI is InChI=1S/C21H33N5OS/c1-16(2)20-25-17(15-28-20)9-10-23-21(22-3)24-14-18(19-8-7-13-27-19)26-11-5-4-6-12-26/h7-8,13,15-16,18H,4-6,9-12,14H2,1-3H3,(H2,22,23,24). The fourth-order valence-corrected chi connectivity index (χ4v) is 4.42. The number of rotatable bonds is 8. The van der Waals surface area contributed by atoms with Gasteiger partial charge in [0.25, 0.3) is 0 Å². The van der Waals surface area contributed by atoms with E-state index in [4.69, 9.17) is 9.40 Å². The molecule has 0 saturated carbocycles. The van der Waals surface area contributed by atoms with Gasteiger partial charge in [-0.3, -0.25) is 9.89 Å². The van der Waals surface area contributed by atoms with Crippen LogP contribution in [0, 0.1) is 0 Å². The number of piperidine rings is 1. The van der Waals surface area contributed by atoms with E-state index in [2.05, 4.69) is 45.8 Å². The second-order valence-corrected chi connectivity index (χ2v) is 8.48. The zero-order chi connectivity index (χ0) is 19.8. The van der Waals surface area contributed by atoms with Crippen LogP contribution in [-0.2, 0) is 6.42 Å². The molecule has 1 fully saturated rings. The van der Waals surface area contributed by atoms with Crippen molar-refractivity contribution in [3.8, 4) is 0 Å². The number of nitrogens with one attached hydrogen (secondary N) is 2. The van der Waals surface area contributed by atoms with Crippen molar-refractivity contribution < 1.29 is 4.42 Å². The van der Waals surface area contributed by atoms with Crippen LogP contribution in [0.5, 0.6) is 0 Å². The molecule has 0 aromatic carbocycles. The first-order chi connectivity index (χ1) is 13.7. The van der Waals surface area contributed by atoms with Crippen LogP contribution < -0.4 is 10.6 Å². The highest BCUT2D eigenvalue weighted by atomic mass is 32.1. The minimum atomic E-state index is 0.237. The third-order valence-corrected chi connectivity index (χ3v) is 6.32. The maximum absolute atomic E-state index is 5.73. The van der Waals surface area contributed by atoms with Crippen LogP contribution in [0.3, 0.4) is 0 Å². The Kier molecular flexibility index (Phi) is 7.91. The number of thiazole rings is 1. The molecule has 2 aromatic rings. The Morgan fingerprint density at radius 1 is 1.29 bits per heavy atom. The van der Waals surface area contributed by atoms with Gasteiger partial charge < -0.3 is 15.1 Å². The highest BCUT2D eigenvalue weighted by molar-refractivity contribution is 7.09. The van der Waals surface area contributed by atoms with E-state index in [1.54, 1.807) is 17.6 Å². The molecule has 3 rings (SSSR count). The third-order valence-electron chi connectivity index (χ3n) is 5.13. The lowest BCUT2D eigenvalue weighted by atomic mass is 10.1. The molecule has 154 valence electrons. The molecule has 1 saturated heterocycles. The fraction of sp³-hybridized carbons (Fsp3) is 0.619. The smallest absolute Gasteiger partial charge is 0.191 e. The first-order valence-corrected chi connectivity index (χ1v) is 11.2. The van der Waals surface area contributed by atoms with Gasteiger partial charge in [0.1, 0.15) is 5.76 Å². The number of aromatic nitrogens is 1. The molecule has 1 aliphatic rings. The lowest BCUT2D eigenvalue weighted by Crippen LogP contribution is -2.44. The highest BCUT2D eigenvalue weighted by Crippen LogP contribution is 2.24. The molecule has 6 nitrogen and oxygen atoms in total. The van der Waals surface area contributed by atoms with E-state index < -0.39 is 0 Å². The van der Waals surface area contributed by atoms with Crippen LogP contribution in [0.1, 0.15) is 61.5 Å². The lowest BCUT2D eigenvalue weighted by molar-refractivity contribution is 0.146. The number of furan rings is 1. The maximum atomic E-state index is 5.73. The Hall–Kier alpha value is -1.86. The van der Waals surface area contributed by atoms with Crippen molar-refractivity contribution in [1.82, 2.24) is 20.5 Å². The summed E-state index contributed by atoms with van der Waals surface area (Å²) in [5, 5.41) is 10.3. The maximum Gasteiger partial charge on any atom is 0.191 e. The van der Waals surface area contributed by atoms with E-state index in [1.165, 1.54) is 24.3 Å². The van der Waals surface area contributed by atoms with E-state index in [0.29, 0.717) is 5.92 Å². The molecule has 1 aliphatic heterocycles. The molecule has 0 aliphatic carbocycles. The molecular weight excluding hydrogens is 370 g/mol. The van der Waals surface area contributed by atoms with Gasteiger partial charge in [0.05, 0.1) is 23.0 Å². The van der Waals surface area contributed by atoms with Crippen LogP contribution in [0.25, 0.3) is 0 Å². The summed E-state index contributed by atoms with van der Waals surface area (Å²) < 4.78 is 5.73. The number of hydrogen-bond acceptors (Lipinski definition) is 5. The molecule has 0 radical (unpaired) electrons. The SMILES string of the molecule is CN=C(NCCc1csc(C(C)C)n1)NCC(c1ccco1)N1CCCCC1. The van der Waals surface area contributed by atoms with Crippen LogP contribution in [-0.4, -0.2) is 49.1 Å². The molecule has 2 aromatic heterocycles. The lowest BCUT2D eigenvalue weighted by Gasteiger charge is -2.33. The fourth-order valence-electron chi connectivity index (χ4n) is 3.55. The molecular formula is C21H33N5OS. The van der Waals surface area contributed by atoms with Gasteiger partial charge in [-0.05, 0) is 38.1 Å². The predicted molar refractivity (Wildman–Crippen MR) is 116 cm³/mol. The number of likely N-dealkylation sites (tertiary alicyclic amines) is 1. The molecule has 7 heteroatoms. The number of nitrogens with zero attached hydrogens (tertiary/aromatic N) is 3. The van der Waals surface area contributed by atoms with E-state index in [9.17, 15) is 0 Å². The van der Waals surface area contributed by atoms with E-state index in [-0.39, 0.29) is 6.04 Å². The Bertz CT molecular complexity index is 719. The van der Waals surface area contributed by atoms with Crippen LogP contribution in [0.2, 0.25) is 0 Å². The summed E-state index contributed by atoms with van der Waals surface area (Å²) in [5.74, 6) is 2.34. The quantitative estimate of drug-likeness (QED) is 0.518. The van der Waals surface area contributed by atoms with Crippen molar-refractivity contribution in [2.75, 3.05) is 33.2 Å². The summed E-state index contributed by atoms with van der Waals surface area (Å²) in [7, 11) is 1.82. The van der Waals surface area contributed by atoms with Crippen LogP contribution in [0.4, 0.5) is 0 Å². The zero-order valence-electron chi connectivity index (χ0n) is 17.3. The third kappa shape index (κ3) is 5.82. The normalized spacial score (nSPS) is 17.1. The highest BCUT2D eigenvalue weighted by Gasteiger charge is 2.24. The van der Waals surface area contributed by atoms with Gasteiger partial charge in [0, 0.05) is 37.9 Å². The number of hydrogen-bond donors (Lipinski definition) is 2. The molecule has 0 amide bonds. The molecule has 0 bridgehead atoms. The molecule has 2 N–H and O–H groups in total. The Morgan fingerprint density at radius 3 is 2.75 bits per heavy atom. The molecule has 0 spiro atoms. The van der Waals surface area contributed by atoms with E-state index in [1.807, 2.05) is 13.1 Å². The second-order valence-electron chi connectivity index (χ2n) is 7.59. The van der Waals surface area contributed by atoms with Crippen molar-refractivity contribution in [3.05, 3.63) is 40.2 Å². The van der Waals surface area contributed by atoms with Crippen molar-refractivity contribution >= 4 is 17.3 Å². The van der Waals surface area contributed by atoms with E-state index >= 15 is 0 Å². The van der Waals surface area contributed by atoms with Gasteiger partial charge in [-0.2, -0.15) is 0 Å². The summed E-state index contributed by atoms with van der Waals surface area (Å²) in [6.07, 6.45) is 6.51. The van der Waals surface area contributed by atoms with Gasteiger partial charge in [-0.15, -0.1) is 11.3 Å². The minimum Gasteiger partial charge on any atom is -0.468 e. The molecule has 3 heterocycles. The van der Waals surface area contributed by atoms with Gasteiger partial charge in [-0.25, -0.2) is 4.98 Å². The van der Waals surface area contributed by atoms with Crippen molar-refractivity contribution in [3.63, 3.8) is 0 Å². The first-order valence-electron chi connectivity index (χ1n) is 10.3. The number of aliphatic imine (C=N–C) groups is 1. The summed E-state index contributed by atoms with van der Waals surface area (Å²) in [4.78, 5) is 11.6. The molecule has 1 unspecified atom stereocenters. The predicted octanol–water partition coefficient (Wildman–Crippen LogP) is 3.79. The summed E-state index contributed by atoms with van der Waals surface area (Å²) in [6, 6.07) is 4.28. The summed E-state index contributed by atoms with van der Waals surface area (Å²) in [6.45, 7) is 8.22. The Morgan fingerprint density at radius 2 is 2.11 bits per heavy atom. The summed E-state index contributed by atoms with van der Waals surface area (Å²) >= 11 is 1.75. The summed E-state index contributed by atoms with van der Waals surface area (Å²) in [5.41, 5.74) is 1.15. The van der Waals surface area contributed by atoms with Crippen molar-refractivity contribution in [2.24, 2.45) is 4.99 Å². The Labute approximate surface area is 172 Å². The van der Waals surface area contributed by atoms with Gasteiger partial charge >= 0.3 is 0 Å². The van der Waals surface area contributed by atoms with Crippen LogP contribution in [0.15, 0.2) is 33.2 Å². The average Bonchev–Trinajstić information content (AvgIpc) is 3.40. The van der Waals surface area contributed by atoms with Gasteiger partial charge in [-0.1, -0.05) is 20.3 Å². The second kappa shape index (κ2) is 10.6. The van der Waals surface area contributed by atoms with Crippen molar-refractivity contribution in [2.45, 2.75) is 51.5 Å². The van der Waals surface area contributed by atoms with Gasteiger partial charge in [0.15, 0.2) is 5.96 Å². The minimum absolute atomic E-state index is 0.237. The van der Waals surface area contributed by atoms with E-state index in [0.717, 1.165) is 50.0 Å². The van der Waals surface area contributed by atoms with Crippen LogP contribution >= 0.6 is 11.3 Å². The number of guanidine groups is 1. The average molecular weight is 404 g/mol. The molecule has 28 heavy (non-hydrogen) atoms. The first kappa shape index (κ1) is 20.9. The monoisotopic (exact) mass is 403 g/mol. The topological polar surface area (TPSA) is 65.7 Å². The van der Waals surface area contributed by atoms with Crippen molar-refractivity contribution in [1.29, 1.82) is 0 Å². The molecule has 1 atom stereocenters.